The van der Waals surface area contributed by atoms with Gasteiger partial charge in [0.05, 0.1) is 13.2 Å². The Balaban J connectivity index is 1.60. The normalized spacial score (nSPS) is 30.8. The molecule has 0 aromatic heterocycles. The molecule has 4 fully saturated rings. The van der Waals surface area contributed by atoms with Crippen LogP contribution in [0.4, 0.5) is 4.79 Å². The molecular weight excluding hydrogens is 554 g/mol. The number of rotatable bonds is 9. The van der Waals surface area contributed by atoms with Crippen LogP contribution in [-0.2, 0) is 23.9 Å². The van der Waals surface area contributed by atoms with Crippen molar-refractivity contribution in [1.29, 1.82) is 0 Å². The lowest BCUT2D eigenvalue weighted by molar-refractivity contribution is -0.145. The minimum Gasteiger partial charge on any atom is -0.453 e. The maximum absolute atomic E-state index is 14.4. The molecule has 5 N–H and O–H groups in total. The molecule has 2 aliphatic heterocycles. The zero-order chi connectivity index (χ0) is 32.0. The summed E-state index contributed by atoms with van der Waals surface area (Å²) < 4.78 is 4.72. The van der Waals surface area contributed by atoms with Gasteiger partial charge in [-0.1, -0.05) is 54.9 Å². The second kappa shape index (κ2) is 12.3. The first kappa shape index (κ1) is 33.2. The average Bonchev–Trinajstić information content (AvgIpc) is 3.55. The number of ketones is 1. The van der Waals surface area contributed by atoms with Crippen molar-refractivity contribution >= 4 is 29.6 Å². The number of hydrogen-bond acceptors (Lipinski definition) is 8. The smallest absolute Gasteiger partial charge is 0.407 e. The van der Waals surface area contributed by atoms with E-state index in [0.29, 0.717) is 13.0 Å². The lowest BCUT2D eigenvalue weighted by Gasteiger charge is -2.38. The maximum atomic E-state index is 14.4. The van der Waals surface area contributed by atoms with Crippen LogP contribution in [-0.4, -0.2) is 89.7 Å². The summed E-state index contributed by atoms with van der Waals surface area (Å²) in [6.07, 6.45) is 2.05. The summed E-state index contributed by atoms with van der Waals surface area (Å²) in [5, 5.41) is 22.0. The number of ether oxygens (including phenoxy) is 1. The van der Waals surface area contributed by atoms with Gasteiger partial charge in [-0.25, -0.2) is 4.79 Å². The number of nitrogens with zero attached hydrogens (tertiary/aromatic N) is 1. The van der Waals surface area contributed by atoms with E-state index in [2.05, 4.69) is 21.3 Å². The summed E-state index contributed by atoms with van der Waals surface area (Å²) in [4.78, 5) is 69.0. The van der Waals surface area contributed by atoms with Crippen molar-refractivity contribution < 1.29 is 33.8 Å². The molecule has 0 spiro atoms. The molecule has 2 saturated heterocycles. The topological polar surface area (TPSA) is 166 Å². The molecule has 0 aromatic carbocycles. The number of likely N-dealkylation sites (tertiary alicyclic amines) is 1. The van der Waals surface area contributed by atoms with Crippen LogP contribution in [0.2, 0.25) is 0 Å². The molecule has 43 heavy (non-hydrogen) atoms. The minimum absolute atomic E-state index is 0.0380. The molecule has 6 unspecified atom stereocenters. The molecule has 2 saturated carbocycles. The highest BCUT2D eigenvalue weighted by atomic mass is 16.5. The van der Waals surface area contributed by atoms with Gasteiger partial charge in [0.1, 0.15) is 18.1 Å². The summed E-state index contributed by atoms with van der Waals surface area (Å²) >= 11 is 0. The second-order valence-corrected chi connectivity index (χ2v) is 15.1. The van der Waals surface area contributed by atoms with Crippen molar-refractivity contribution in [2.45, 2.75) is 117 Å². The number of nitrogens with one attached hydrogen (secondary N) is 4. The summed E-state index contributed by atoms with van der Waals surface area (Å²) in [7, 11) is 1.22. The Labute approximate surface area is 254 Å². The molecule has 242 valence electrons. The summed E-state index contributed by atoms with van der Waals surface area (Å²) in [5.74, 6) is -1.84. The van der Waals surface area contributed by atoms with Crippen molar-refractivity contribution in [3.63, 3.8) is 0 Å². The van der Waals surface area contributed by atoms with Gasteiger partial charge in [0.2, 0.25) is 17.7 Å². The number of hydrogen-bond donors (Lipinski definition) is 5. The largest absolute Gasteiger partial charge is 0.453 e. The van der Waals surface area contributed by atoms with Gasteiger partial charge in [-0.05, 0) is 60.2 Å². The van der Waals surface area contributed by atoms with E-state index in [4.69, 9.17) is 4.74 Å². The second-order valence-electron chi connectivity index (χ2n) is 15.1. The average molecular weight is 606 g/mol. The third kappa shape index (κ3) is 6.84. The maximum Gasteiger partial charge on any atom is 0.407 e. The van der Waals surface area contributed by atoms with Gasteiger partial charge in [-0.2, -0.15) is 0 Å². The minimum atomic E-state index is -1.35. The summed E-state index contributed by atoms with van der Waals surface area (Å²) in [6, 6.07) is -3.47. The molecule has 4 rings (SSSR count). The highest BCUT2D eigenvalue weighted by Crippen LogP contribution is 2.52. The number of carbonyl (C=O) groups is 5. The van der Waals surface area contributed by atoms with Crippen molar-refractivity contribution in [1.82, 2.24) is 26.2 Å². The Morgan fingerprint density at radius 2 is 1.63 bits per heavy atom. The zero-order valence-corrected chi connectivity index (χ0v) is 26.9. The zero-order valence-electron chi connectivity index (χ0n) is 26.9. The van der Waals surface area contributed by atoms with Gasteiger partial charge in [0.25, 0.3) is 0 Å². The number of carbonyl (C=O) groups excluding carboxylic acids is 5. The van der Waals surface area contributed by atoms with Crippen molar-refractivity contribution in [3.8, 4) is 0 Å². The van der Waals surface area contributed by atoms with Crippen LogP contribution < -0.4 is 21.3 Å². The van der Waals surface area contributed by atoms with E-state index < -0.39 is 59.0 Å². The first-order chi connectivity index (χ1) is 20.0. The molecular formula is C31H51N5O7. The monoisotopic (exact) mass is 605 g/mol. The molecule has 0 bridgehead atoms. The van der Waals surface area contributed by atoms with E-state index >= 15 is 0 Å². The molecule has 12 heteroatoms. The predicted molar refractivity (Wildman–Crippen MR) is 158 cm³/mol. The van der Waals surface area contributed by atoms with Crippen LogP contribution in [0.3, 0.4) is 0 Å². The lowest BCUT2D eigenvalue weighted by atomic mass is 9.75. The third-order valence-electron chi connectivity index (χ3n) is 9.86. The number of aliphatic hydroxyl groups is 1. The first-order valence-electron chi connectivity index (χ1n) is 15.7. The van der Waals surface area contributed by atoms with Crippen LogP contribution >= 0.6 is 0 Å². The van der Waals surface area contributed by atoms with Crippen LogP contribution in [0.5, 0.6) is 0 Å². The Kier molecular flexibility index (Phi) is 9.52. The van der Waals surface area contributed by atoms with E-state index in [1.165, 1.54) is 7.11 Å². The molecule has 4 aliphatic rings. The Hall–Kier alpha value is -2.73. The molecule has 2 heterocycles. The van der Waals surface area contributed by atoms with Crippen LogP contribution in [0, 0.1) is 34.5 Å². The van der Waals surface area contributed by atoms with Crippen molar-refractivity contribution in [2.75, 3.05) is 13.7 Å². The van der Waals surface area contributed by atoms with E-state index in [9.17, 15) is 29.1 Å². The van der Waals surface area contributed by atoms with E-state index in [1.807, 2.05) is 27.7 Å². The highest BCUT2D eigenvalue weighted by molar-refractivity contribution is 5.98. The Bertz CT molecular complexity index is 1110. The Morgan fingerprint density at radius 3 is 2.16 bits per heavy atom. The van der Waals surface area contributed by atoms with E-state index in [1.54, 1.807) is 25.7 Å². The summed E-state index contributed by atoms with van der Waals surface area (Å²) in [6.45, 7) is 13.3. The van der Waals surface area contributed by atoms with E-state index in [-0.39, 0.29) is 41.5 Å². The SMILES string of the molecule is CCC1C(C(=O)C(O)NC2CC2)NC(=O)C2[C@H]3C1CC[C@H]3CN2C(=O)C(NC(=O)[C@@H](NC(=O)OC)C(C)(C)C)C(C)(C)C. The number of amides is 4. The van der Waals surface area contributed by atoms with E-state index in [0.717, 1.165) is 25.7 Å². The summed E-state index contributed by atoms with van der Waals surface area (Å²) in [5.41, 5.74) is -1.40. The van der Waals surface area contributed by atoms with Crippen molar-refractivity contribution in [3.05, 3.63) is 0 Å². The molecule has 12 nitrogen and oxygen atoms in total. The van der Waals surface area contributed by atoms with Gasteiger partial charge in [0, 0.05) is 12.6 Å². The van der Waals surface area contributed by atoms with Gasteiger partial charge < -0.3 is 30.7 Å². The fourth-order valence-electron chi connectivity index (χ4n) is 7.49. The first-order valence-corrected chi connectivity index (χ1v) is 15.7. The predicted octanol–water partition coefficient (Wildman–Crippen LogP) is 1.31. The number of aliphatic hydroxyl groups excluding tert-OH is 1. The van der Waals surface area contributed by atoms with Gasteiger partial charge >= 0.3 is 6.09 Å². The van der Waals surface area contributed by atoms with Crippen molar-refractivity contribution in [2.24, 2.45) is 34.5 Å². The van der Waals surface area contributed by atoms with Gasteiger partial charge in [0.15, 0.2) is 12.0 Å². The molecule has 4 amide bonds. The molecule has 2 aliphatic carbocycles. The van der Waals surface area contributed by atoms with Crippen LogP contribution in [0.15, 0.2) is 0 Å². The van der Waals surface area contributed by atoms with Gasteiger partial charge in [-0.15, -0.1) is 0 Å². The number of alkyl carbamates (subject to hydrolysis) is 1. The number of methoxy groups -OCH3 is 1. The standard InChI is InChI=1S/C31H51N5O7/c1-9-17-18-13-10-15-14-36(21(19(15)18)25(38)33-20(17)22(37)26(39)32-16-11-12-16)28(41)24(31(5,6)7)34-27(40)23(30(2,3)4)35-29(42)43-8/h15-21,23-24,26,32,39H,9-14H2,1-8H3,(H,33,38)(H,34,40)(H,35,42)/t15-,17?,18?,19+,20?,21?,23+,24?,26?/m0/s1. The molecule has 9 atom stereocenters. The van der Waals surface area contributed by atoms with Crippen LogP contribution in [0.25, 0.3) is 0 Å². The molecule has 0 aromatic rings. The van der Waals surface area contributed by atoms with Crippen LogP contribution in [0.1, 0.15) is 80.6 Å². The highest BCUT2D eigenvalue weighted by Gasteiger charge is 2.60. The quantitative estimate of drug-likeness (QED) is 0.245. The molecule has 0 radical (unpaired) electrons. The lowest BCUT2D eigenvalue weighted by Crippen LogP contribution is -2.62. The third-order valence-corrected chi connectivity index (χ3v) is 9.86. The fraction of sp³-hybridized carbons (Fsp3) is 0.839. The van der Waals surface area contributed by atoms with Gasteiger partial charge in [-0.3, -0.25) is 24.5 Å². The number of Topliss-reactive ketones (excluding diaryl/α,β-unsaturated/α-hetero) is 1. The Morgan fingerprint density at radius 1 is 1.00 bits per heavy atom. The fourth-order valence-corrected chi connectivity index (χ4v) is 7.49.